The summed E-state index contributed by atoms with van der Waals surface area (Å²) in [4.78, 5) is 20.3. The Morgan fingerprint density at radius 1 is 1.47 bits per heavy atom. The van der Waals surface area contributed by atoms with Crippen molar-refractivity contribution in [3.63, 3.8) is 0 Å². The van der Waals surface area contributed by atoms with Gasteiger partial charge in [0, 0.05) is 11.1 Å². The Morgan fingerprint density at radius 2 is 2.32 bits per heavy atom. The highest BCUT2D eigenvalue weighted by Crippen LogP contribution is 2.26. The second-order valence-electron chi connectivity index (χ2n) is 4.11. The van der Waals surface area contributed by atoms with Gasteiger partial charge in [0.15, 0.2) is 5.15 Å². The molecule has 0 aliphatic carbocycles. The van der Waals surface area contributed by atoms with Crippen LogP contribution in [0.5, 0.6) is 0 Å². The number of hydrogen-bond donors (Lipinski definition) is 2. The second kappa shape index (κ2) is 4.68. The van der Waals surface area contributed by atoms with Crippen molar-refractivity contribution in [3.8, 4) is 0 Å². The molecule has 0 aliphatic heterocycles. The SMILES string of the molecule is Cc1cc2[nH]c(C(=O)Nc3cccnc3Cl)cc2s1. The molecule has 19 heavy (non-hydrogen) atoms. The fraction of sp³-hybridized carbons (Fsp3) is 0.0769. The summed E-state index contributed by atoms with van der Waals surface area (Å²) in [7, 11) is 0. The van der Waals surface area contributed by atoms with Gasteiger partial charge < -0.3 is 10.3 Å². The quantitative estimate of drug-likeness (QED) is 0.705. The molecule has 1 amide bonds. The zero-order valence-electron chi connectivity index (χ0n) is 10.0. The van der Waals surface area contributed by atoms with Gasteiger partial charge in [-0.05, 0) is 31.2 Å². The van der Waals surface area contributed by atoms with E-state index in [9.17, 15) is 4.79 Å². The minimum atomic E-state index is -0.226. The molecule has 3 heterocycles. The van der Waals surface area contributed by atoms with Crippen molar-refractivity contribution in [3.05, 3.63) is 46.2 Å². The molecular weight excluding hydrogens is 282 g/mol. The number of amides is 1. The molecule has 96 valence electrons. The van der Waals surface area contributed by atoms with Gasteiger partial charge in [0.05, 0.1) is 15.9 Å². The first-order valence-electron chi connectivity index (χ1n) is 5.64. The Bertz CT molecular complexity index is 731. The molecule has 0 radical (unpaired) electrons. The number of H-pyrrole nitrogens is 1. The third kappa shape index (κ3) is 2.34. The van der Waals surface area contributed by atoms with Gasteiger partial charge in [0.25, 0.3) is 5.91 Å². The van der Waals surface area contributed by atoms with Crippen LogP contribution in [0, 0.1) is 6.92 Å². The van der Waals surface area contributed by atoms with Crippen molar-refractivity contribution in [1.29, 1.82) is 0 Å². The summed E-state index contributed by atoms with van der Waals surface area (Å²) in [6, 6.07) is 7.29. The van der Waals surface area contributed by atoms with Crippen LogP contribution in [0.1, 0.15) is 15.4 Å². The van der Waals surface area contributed by atoms with Crippen molar-refractivity contribution in [2.75, 3.05) is 5.32 Å². The summed E-state index contributed by atoms with van der Waals surface area (Å²) in [5.41, 5.74) is 1.99. The molecule has 0 atom stereocenters. The Morgan fingerprint density at radius 3 is 3.05 bits per heavy atom. The molecule has 3 rings (SSSR count). The maximum atomic E-state index is 12.1. The fourth-order valence-corrected chi connectivity index (χ4v) is 2.93. The van der Waals surface area contributed by atoms with Gasteiger partial charge in [-0.2, -0.15) is 0 Å². The summed E-state index contributed by atoms with van der Waals surface area (Å²) in [6.45, 7) is 2.04. The highest BCUT2D eigenvalue weighted by Gasteiger charge is 2.12. The summed E-state index contributed by atoms with van der Waals surface area (Å²) in [5, 5.41) is 3.01. The predicted octanol–water partition coefficient (Wildman–Crippen LogP) is 3.84. The summed E-state index contributed by atoms with van der Waals surface area (Å²) in [5.74, 6) is -0.226. The third-order valence-corrected chi connectivity index (χ3v) is 3.98. The molecule has 0 aliphatic rings. The molecule has 0 bridgehead atoms. The standard InChI is InChI=1S/C13H10ClN3OS/c1-7-5-9-11(19-7)6-10(16-9)13(18)17-8-3-2-4-15-12(8)14/h2-6,16H,1H3,(H,17,18). The van der Waals surface area contributed by atoms with E-state index in [1.807, 2.05) is 19.1 Å². The molecule has 0 saturated carbocycles. The highest BCUT2D eigenvalue weighted by molar-refractivity contribution is 7.19. The molecule has 3 aromatic heterocycles. The van der Waals surface area contributed by atoms with E-state index in [1.165, 1.54) is 4.88 Å². The number of aromatic nitrogens is 2. The molecule has 0 fully saturated rings. The first-order valence-corrected chi connectivity index (χ1v) is 6.84. The number of aryl methyl sites for hydroxylation is 1. The number of aromatic amines is 1. The van der Waals surface area contributed by atoms with E-state index < -0.39 is 0 Å². The van der Waals surface area contributed by atoms with E-state index >= 15 is 0 Å². The van der Waals surface area contributed by atoms with Crippen LogP contribution in [0.25, 0.3) is 10.2 Å². The Balaban J connectivity index is 1.87. The molecule has 0 unspecified atom stereocenters. The van der Waals surface area contributed by atoms with E-state index in [0.717, 1.165) is 10.2 Å². The van der Waals surface area contributed by atoms with Crippen molar-refractivity contribution in [1.82, 2.24) is 9.97 Å². The second-order valence-corrected chi connectivity index (χ2v) is 5.76. The van der Waals surface area contributed by atoms with Crippen molar-refractivity contribution >= 4 is 44.7 Å². The molecule has 4 nitrogen and oxygen atoms in total. The van der Waals surface area contributed by atoms with Gasteiger partial charge in [-0.15, -0.1) is 11.3 Å². The molecule has 0 saturated heterocycles. The zero-order chi connectivity index (χ0) is 13.4. The summed E-state index contributed by atoms with van der Waals surface area (Å²) in [6.07, 6.45) is 1.57. The van der Waals surface area contributed by atoms with Gasteiger partial charge in [-0.1, -0.05) is 11.6 Å². The number of nitrogens with one attached hydrogen (secondary N) is 2. The van der Waals surface area contributed by atoms with Gasteiger partial charge in [-0.3, -0.25) is 4.79 Å². The predicted molar refractivity (Wildman–Crippen MR) is 78.1 cm³/mol. The lowest BCUT2D eigenvalue weighted by Crippen LogP contribution is -2.12. The average Bonchev–Trinajstić information content (AvgIpc) is 2.89. The van der Waals surface area contributed by atoms with Gasteiger partial charge in [0.1, 0.15) is 5.69 Å². The van der Waals surface area contributed by atoms with Crippen LogP contribution in [0.4, 0.5) is 5.69 Å². The lowest BCUT2D eigenvalue weighted by Gasteiger charge is -2.04. The molecular formula is C13H10ClN3OS. The van der Waals surface area contributed by atoms with Crippen LogP contribution >= 0.6 is 22.9 Å². The Hall–Kier alpha value is -1.85. The lowest BCUT2D eigenvalue weighted by atomic mass is 10.3. The van der Waals surface area contributed by atoms with E-state index in [0.29, 0.717) is 11.4 Å². The molecule has 3 aromatic rings. The van der Waals surface area contributed by atoms with Crippen LogP contribution in [-0.4, -0.2) is 15.9 Å². The topological polar surface area (TPSA) is 57.8 Å². The summed E-state index contributed by atoms with van der Waals surface area (Å²) < 4.78 is 1.07. The third-order valence-electron chi connectivity index (χ3n) is 2.68. The minimum absolute atomic E-state index is 0.226. The molecule has 0 aromatic carbocycles. The Kier molecular flexibility index (Phi) is 3.00. The minimum Gasteiger partial charge on any atom is -0.350 e. The van der Waals surface area contributed by atoms with Crippen LogP contribution in [0.3, 0.4) is 0 Å². The maximum absolute atomic E-state index is 12.1. The number of hydrogen-bond acceptors (Lipinski definition) is 3. The number of pyridine rings is 1. The van der Waals surface area contributed by atoms with E-state index in [4.69, 9.17) is 11.6 Å². The Labute approximate surface area is 118 Å². The number of carbonyl (C=O) groups is 1. The van der Waals surface area contributed by atoms with Crippen molar-refractivity contribution < 1.29 is 4.79 Å². The fourth-order valence-electron chi connectivity index (χ4n) is 1.84. The number of carbonyl (C=O) groups excluding carboxylic acids is 1. The van der Waals surface area contributed by atoms with Crippen molar-refractivity contribution in [2.24, 2.45) is 0 Å². The number of anilines is 1. The lowest BCUT2D eigenvalue weighted by molar-refractivity contribution is 0.102. The zero-order valence-corrected chi connectivity index (χ0v) is 11.6. The van der Waals surface area contributed by atoms with Crippen LogP contribution in [0.15, 0.2) is 30.5 Å². The smallest absolute Gasteiger partial charge is 0.272 e. The maximum Gasteiger partial charge on any atom is 0.272 e. The number of fused-ring (bicyclic) bond motifs is 1. The van der Waals surface area contributed by atoms with Gasteiger partial charge in [-0.25, -0.2) is 4.98 Å². The first-order chi connectivity index (χ1) is 9.13. The molecule has 6 heteroatoms. The number of halogens is 1. The van der Waals surface area contributed by atoms with Gasteiger partial charge >= 0.3 is 0 Å². The first kappa shape index (κ1) is 12.2. The largest absolute Gasteiger partial charge is 0.350 e. The van der Waals surface area contributed by atoms with E-state index in [1.54, 1.807) is 29.7 Å². The van der Waals surface area contributed by atoms with Crippen molar-refractivity contribution in [2.45, 2.75) is 6.92 Å². The number of rotatable bonds is 2. The van der Waals surface area contributed by atoms with E-state index in [2.05, 4.69) is 15.3 Å². The normalized spacial score (nSPS) is 10.8. The van der Waals surface area contributed by atoms with E-state index in [-0.39, 0.29) is 11.1 Å². The van der Waals surface area contributed by atoms with Crippen LogP contribution in [-0.2, 0) is 0 Å². The number of thiophene rings is 1. The summed E-state index contributed by atoms with van der Waals surface area (Å²) >= 11 is 7.55. The van der Waals surface area contributed by atoms with Crippen LogP contribution < -0.4 is 5.32 Å². The average molecular weight is 292 g/mol. The highest BCUT2D eigenvalue weighted by atomic mass is 35.5. The monoisotopic (exact) mass is 291 g/mol. The number of nitrogens with zero attached hydrogens (tertiary/aromatic N) is 1. The van der Waals surface area contributed by atoms with Crippen LogP contribution in [0.2, 0.25) is 5.15 Å². The molecule has 2 N–H and O–H groups in total. The van der Waals surface area contributed by atoms with Gasteiger partial charge in [0.2, 0.25) is 0 Å². The molecule has 0 spiro atoms.